The molecule has 0 aliphatic rings. The minimum Gasteiger partial charge on any atom is -0.508 e. The molecule has 0 aromatic heterocycles. The smallest absolute Gasteiger partial charge is 0.338 e. The number of ether oxygens (including phenoxy) is 1. The third-order valence-electron chi connectivity index (χ3n) is 2.72. The second-order valence-electron chi connectivity index (χ2n) is 4.42. The first-order valence-electron chi connectivity index (χ1n) is 6.27. The summed E-state index contributed by atoms with van der Waals surface area (Å²) in [6.07, 6.45) is 0. The van der Waals surface area contributed by atoms with E-state index in [1.807, 2.05) is 0 Å². The van der Waals surface area contributed by atoms with Crippen LogP contribution in [0.1, 0.15) is 10.4 Å². The van der Waals surface area contributed by atoms with E-state index >= 15 is 0 Å². The summed E-state index contributed by atoms with van der Waals surface area (Å²) in [4.78, 5) is 23.5. The van der Waals surface area contributed by atoms with Crippen LogP contribution < -0.4 is 5.32 Å². The molecule has 0 radical (unpaired) electrons. The van der Waals surface area contributed by atoms with Gasteiger partial charge in [0.1, 0.15) is 5.75 Å². The van der Waals surface area contributed by atoms with Gasteiger partial charge in [0, 0.05) is 0 Å². The Kier molecular flexibility index (Phi) is 5.71. The van der Waals surface area contributed by atoms with Crippen molar-refractivity contribution in [3.05, 3.63) is 57.0 Å². The van der Waals surface area contributed by atoms with Gasteiger partial charge in [-0.2, -0.15) is 0 Å². The van der Waals surface area contributed by atoms with Gasteiger partial charge >= 0.3 is 5.97 Å². The lowest BCUT2D eigenvalue weighted by Crippen LogP contribution is -2.21. The summed E-state index contributed by atoms with van der Waals surface area (Å²) in [6, 6.07) is 8.23. The molecule has 0 saturated carbocycles. The van der Waals surface area contributed by atoms with Crippen molar-refractivity contribution in [3.63, 3.8) is 0 Å². The first-order chi connectivity index (χ1) is 10.9. The van der Waals surface area contributed by atoms with Crippen LogP contribution in [0.2, 0.25) is 15.1 Å². The van der Waals surface area contributed by atoms with Gasteiger partial charge in [0.2, 0.25) is 0 Å². The van der Waals surface area contributed by atoms with Crippen molar-refractivity contribution in [2.24, 2.45) is 0 Å². The Morgan fingerprint density at radius 1 is 1.00 bits per heavy atom. The van der Waals surface area contributed by atoms with E-state index in [2.05, 4.69) is 5.32 Å². The number of hydrogen-bond donors (Lipinski definition) is 2. The van der Waals surface area contributed by atoms with Crippen LogP contribution in [0.5, 0.6) is 5.75 Å². The molecule has 0 bridgehead atoms. The fourth-order valence-electron chi connectivity index (χ4n) is 1.62. The molecule has 8 heteroatoms. The minimum atomic E-state index is -0.694. The summed E-state index contributed by atoms with van der Waals surface area (Å²) < 4.78 is 4.86. The maximum absolute atomic E-state index is 11.8. The van der Waals surface area contributed by atoms with Crippen molar-refractivity contribution in [2.45, 2.75) is 0 Å². The highest BCUT2D eigenvalue weighted by Gasteiger charge is 2.13. The van der Waals surface area contributed by atoms with Gasteiger partial charge in [-0.1, -0.05) is 34.8 Å². The number of esters is 1. The van der Waals surface area contributed by atoms with Gasteiger partial charge in [0.25, 0.3) is 5.91 Å². The number of phenolic OH excluding ortho intramolecular Hbond substituents is 1. The number of carbonyl (C=O) groups is 2. The quantitative estimate of drug-likeness (QED) is 0.623. The number of benzene rings is 2. The van der Waals surface area contributed by atoms with Crippen LogP contribution in [0.25, 0.3) is 0 Å². The Balaban J connectivity index is 1.94. The summed E-state index contributed by atoms with van der Waals surface area (Å²) in [5.41, 5.74) is 0.468. The van der Waals surface area contributed by atoms with Crippen LogP contribution in [0.3, 0.4) is 0 Å². The molecular formula is C15H10Cl3NO4. The van der Waals surface area contributed by atoms with Crippen molar-refractivity contribution < 1.29 is 19.4 Å². The van der Waals surface area contributed by atoms with Crippen molar-refractivity contribution in [1.82, 2.24) is 0 Å². The van der Waals surface area contributed by atoms with Crippen molar-refractivity contribution in [1.29, 1.82) is 0 Å². The van der Waals surface area contributed by atoms with Crippen LogP contribution in [0, 0.1) is 0 Å². The molecule has 2 aromatic carbocycles. The number of anilines is 1. The monoisotopic (exact) mass is 373 g/mol. The maximum Gasteiger partial charge on any atom is 0.338 e. The largest absolute Gasteiger partial charge is 0.508 e. The Hall–Kier alpha value is -1.95. The minimum absolute atomic E-state index is 0.0218. The Labute approximate surface area is 146 Å². The summed E-state index contributed by atoms with van der Waals surface area (Å²) in [5, 5.41) is 12.3. The molecule has 2 N–H and O–H groups in total. The van der Waals surface area contributed by atoms with Gasteiger partial charge in [-0.15, -0.1) is 0 Å². The number of amides is 1. The standard InChI is InChI=1S/C15H10Cl3NO4/c16-10-5-12(18)13(6-11(10)17)19-14(21)7-23-15(22)8-1-3-9(20)4-2-8/h1-6,20H,7H2,(H,19,21). The van der Waals surface area contributed by atoms with Gasteiger partial charge in [0.05, 0.1) is 26.3 Å². The normalized spacial score (nSPS) is 10.2. The molecule has 1 amide bonds. The molecule has 120 valence electrons. The molecule has 2 rings (SSSR count). The average Bonchev–Trinajstić information content (AvgIpc) is 2.51. The number of carbonyl (C=O) groups excluding carboxylic acids is 2. The molecular weight excluding hydrogens is 365 g/mol. The van der Waals surface area contributed by atoms with E-state index in [4.69, 9.17) is 44.6 Å². The number of halogens is 3. The Bertz CT molecular complexity index is 747. The number of nitrogens with one attached hydrogen (secondary N) is 1. The van der Waals surface area contributed by atoms with Gasteiger partial charge in [0.15, 0.2) is 6.61 Å². The zero-order chi connectivity index (χ0) is 17.0. The maximum atomic E-state index is 11.8. The third-order valence-corrected chi connectivity index (χ3v) is 3.76. The summed E-state index contributed by atoms with van der Waals surface area (Å²) >= 11 is 17.6. The molecule has 0 heterocycles. The summed E-state index contributed by atoms with van der Waals surface area (Å²) in [7, 11) is 0. The Morgan fingerprint density at radius 2 is 1.61 bits per heavy atom. The van der Waals surface area contributed by atoms with E-state index < -0.39 is 18.5 Å². The van der Waals surface area contributed by atoms with E-state index in [0.29, 0.717) is 0 Å². The first kappa shape index (κ1) is 17.4. The number of aromatic hydroxyl groups is 1. The lowest BCUT2D eigenvalue weighted by Gasteiger charge is -2.09. The lowest BCUT2D eigenvalue weighted by atomic mass is 10.2. The first-order valence-corrected chi connectivity index (χ1v) is 7.41. The van der Waals surface area contributed by atoms with Gasteiger partial charge in [-0.25, -0.2) is 4.79 Å². The molecule has 0 spiro atoms. The fourth-order valence-corrected chi connectivity index (χ4v) is 2.21. The molecule has 23 heavy (non-hydrogen) atoms. The highest BCUT2D eigenvalue weighted by atomic mass is 35.5. The molecule has 0 unspecified atom stereocenters. The van der Waals surface area contributed by atoms with Crippen LogP contribution in [0.15, 0.2) is 36.4 Å². The number of hydrogen-bond acceptors (Lipinski definition) is 4. The van der Waals surface area contributed by atoms with Gasteiger partial charge in [-0.3, -0.25) is 4.79 Å². The molecule has 0 atom stereocenters. The van der Waals surface area contributed by atoms with Gasteiger partial charge in [-0.05, 0) is 36.4 Å². The predicted molar refractivity (Wildman–Crippen MR) is 88.5 cm³/mol. The zero-order valence-corrected chi connectivity index (χ0v) is 13.7. The number of rotatable bonds is 4. The van der Waals surface area contributed by atoms with E-state index in [1.165, 1.54) is 36.4 Å². The van der Waals surface area contributed by atoms with Gasteiger partial charge < -0.3 is 15.2 Å². The van der Waals surface area contributed by atoms with Crippen LogP contribution >= 0.6 is 34.8 Å². The summed E-state index contributed by atoms with van der Waals surface area (Å²) in [5.74, 6) is -1.26. The van der Waals surface area contributed by atoms with Crippen molar-refractivity contribution >= 4 is 52.4 Å². The van der Waals surface area contributed by atoms with E-state index in [0.717, 1.165) is 0 Å². The van der Waals surface area contributed by atoms with E-state index in [9.17, 15) is 9.59 Å². The lowest BCUT2D eigenvalue weighted by molar-refractivity contribution is -0.119. The Morgan fingerprint density at radius 3 is 2.26 bits per heavy atom. The molecule has 2 aromatic rings. The average molecular weight is 375 g/mol. The molecule has 0 aliphatic carbocycles. The molecule has 0 aliphatic heterocycles. The topological polar surface area (TPSA) is 75.6 Å². The summed E-state index contributed by atoms with van der Waals surface area (Å²) in [6.45, 7) is -0.504. The SMILES string of the molecule is O=C(COC(=O)c1ccc(O)cc1)Nc1cc(Cl)c(Cl)cc1Cl. The fraction of sp³-hybridized carbons (Fsp3) is 0.0667. The van der Waals surface area contributed by atoms with Crippen LogP contribution in [-0.2, 0) is 9.53 Å². The van der Waals surface area contributed by atoms with E-state index in [1.54, 1.807) is 0 Å². The molecule has 0 fully saturated rings. The highest BCUT2D eigenvalue weighted by molar-refractivity contribution is 6.44. The molecule has 0 saturated heterocycles. The highest BCUT2D eigenvalue weighted by Crippen LogP contribution is 2.32. The third kappa shape index (κ3) is 4.76. The second kappa shape index (κ2) is 7.55. The van der Waals surface area contributed by atoms with E-state index in [-0.39, 0.29) is 32.1 Å². The molecule has 5 nitrogen and oxygen atoms in total. The van der Waals surface area contributed by atoms with Crippen LogP contribution in [-0.4, -0.2) is 23.6 Å². The number of phenols is 1. The van der Waals surface area contributed by atoms with Crippen molar-refractivity contribution in [3.8, 4) is 5.75 Å². The zero-order valence-electron chi connectivity index (χ0n) is 11.5. The predicted octanol–water partition coefficient (Wildman–Crippen LogP) is 4.15. The second-order valence-corrected chi connectivity index (χ2v) is 5.64. The van der Waals surface area contributed by atoms with Crippen molar-refractivity contribution in [2.75, 3.05) is 11.9 Å². The van der Waals surface area contributed by atoms with Crippen LogP contribution in [0.4, 0.5) is 5.69 Å².